The fourth-order valence-electron chi connectivity index (χ4n) is 3.27. The third-order valence-corrected chi connectivity index (χ3v) is 5.68. The largest absolute Gasteiger partial charge is 0.466 e. The van der Waals surface area contributed by atoms with Gasteiger partial charge in [0.25, 0.3) is 0 Å². The van der Waals surface area contributed by atoms with Gasteiger partial charge in [-0.1, -0.05) is 20.8 Å². The molecule has 0 radical (unpaired) electrons. The zero-order valence-corrected chi connectivity index (χ0v) is 19.3. The number of rotatable bonds is 10. The van der Waals surface area contributed by atoms with Crippen LogP contribution in [0.3, 0.4) is 0 Å². The van der Waals surface area contributed by atoms with Crippen molar-refractivity contribution < 1.29 is 28.3 Å². The fraction of sp³-hybridized carbons (Fsp3) is 0.682. The van der Waals surface area contributed by atoms with E-state index < -0.39 is 24.1 Å². The summed E-state index contributed by atoms with van der Waals surface area (Å²) in [6.45, 7) is 8.50. The zero-order valence-electron chi connectivity index (χ0n) is 19.3. The smallest absolute Gasteiger partial charge is 0.413 e. The van der Waals surface area contributed by atoms with E-state index in [2.05, 4.69) is 24.5 Å². The highest BCUT2D eigenvalue weighted by atomic mass is 16.6. The van der Waals surface area contributed by atoms with Crippen LogP contribution in [0.4, 0.5) is 4.79 Å². The molecule has 9 heteroatoms. The molecule has 0 aromatic carbocycles. The lowest BCUT2D eigenvalue weighted by molar-refractivity contribution is -0.128. The number of aryl methyl sites for hydroxylation is 1. The van der Waals surface area contributed by atoms with Crippen molar-refractivity contribution in [3.05, 3.63) is 18.1 Å². The Morgan fingerprint density at radius 3 is 2.58 bits per heavy atom. The average Bonchev–Trinajstić information content (AvgIpc) is 3.25. The van der Waals surface area contributed by atoms with Gasteiger partial charge >= 0.3 is 6.09 Å². The van der Waals surface area contributed by atoms with Crippen LogP contribution in [0.15, 0.2) is 16.7 Å². The summed E-state index contributed by atoms with van der Waals surface area (Å²) in [6.07, 6.45) is 1.31. The Morgan fingerprint density at radius 2 is 2.00 bits per heavy atom. The van der Waals surface area contributed by atoms with Gasteiger partial charge in [-0.3, -0.25) is 9.59 Å². The molecule has 1 aliphatic heterocycles. The van der Waals surface area contributed by atoms with Crippen LogP contribution in [0, 0.1) is 18.8 Å². The Labute approximate surface area is 183 Å². The number of nitrogens with one attached hydrogen (secondary N) is 2. The minimum Gasteiger partial charge on any atom is -0.466 e. The van der Waals surface area contributed by atoms with E-state index in [0.29, 0.717) is 24.5 Å². The monoisotopic (exact) mass is 437 g/mol. The van der Waals surface area contributed by atoms with Crippen LogP contribution >= 0.6 is 0 Å². The molecule has 0 bridgehead atoms. The van der Waals surface area contributed by atoms with Crippen molar-refractivity contribution in [2.45, 2.75) is 58.7 Å². The van der Waals surface area contributed by atoms with Crippen molar-refractivity contribution >= 4 is 17.8 Å². The summed E-state index contributed by atoms with van der Waals surface area (Å²) in [5.41, 5.74) is 0. The van der Waals surface area contributed by atoms with Crippen LogP contribution in [0.5, 0.6) is 5.75 Å². The Kier molecular flexibility index (Phi) is 9.06. The van der Waals surface area contributed by atoms with Crippen LogP contribution in [0.1, 0.15) is 39.4 Å². The maximum Gasteiger partial charge on any atom is 0.413 e. The highest BCUT2D eigenvalue weighted by Crippen LogP contribution is 2.20. The molecule has 2 N–H and O–H groups in total. The van der Waals surface area contributed by atoms with Gasteiger partial charge in [-0.05, 0) is 45.7 Å². The molecular weight excluding hydrogens is 402 g/mol. The summed E-state index contributed by atoms with van der Waals surface area (Å²) in [5.74, 6) is 0.637. The van der Waals surface area contributed by atoms with Crippen molar-refractivity contribution in [3.63, 3.8) is 0 Å². The molecule has 0 aliphatic carbocycles. The molecule has 1 fully saturated rings. The Hall–Kier alpha value is -2.39. The normalized spacial score (nSPS) is 20.7. The number of carbonyl (C=O) groups excluding carboxylic acids is 3. The van der Waals surface area contributed by atoms with Crippen molar-refractivity contribution in [2.75, 3.05) is 27.2 Å². The van der Waals surface area contributed by atoms with Crippen molar-refractivity contribution in [1.29, 1.82) is 0 Å². The third-order valence-electron chi connectivity index (χ3n) is 5.68. The third kappa shape index (κ3) is 7.36. The van der Waals surface area contributed by atoms with Crippen molar-refractivity contribution in [3.8, 4) is 5.75 Å². The first kappa shape index (κ1) is 24.9. The highest BCUT2D eigenvalue weighted by molar-refractivity contribution is 5.94. The minimum absolute atomic E-state index is 0.0225. The van der Waals surface area contributed by atoms with Gasteiger partial charge < -0.3 is 29.4 Å². The standard InChI is InChI=1S/C22H35N3O6/c1-13(2)14(3)11-16(23-22(28)31-18-8-10-29-15(18)4)21(27)24-20-17(26)12-30-19(20)7-9-25(5)6/h8,10,13-14,16,19-20H,7,9,11-12H2,1-6H3,(H,23,28)(H,24,27)/t14?,16-,19?,20?/m0/s1. The molecule has 174 valence electrons. The first-order chi connectivity index (χ1) is 14.6. The number of ether oxygens (including phenoxy) is 2. The summed E-state index contributed by atoms with van der Waals surface area (Å²) in [6, 6.07) is -0.0387. The van der Waals surface area contributed by atoms with Crippen molar-refractivity contribution in [2.24, 2.45) is 11.8 Å². The number of nitrogens with zero attached hydrogens (tertiary/aromatic N) is 1. The molecule has 1 saturated heterocycles. The maximum absolute atomic E-state index is 13.1. The number of furan rings is 1. The molecule has 1 aromatic rings. The molecule has 1 aromatic heterocycles. The van der Waals surface area contributed by atoms with Gasteiger partial charge in [0, 0.05) is 12.6 Å². The second-order valence-electron chi connectivity index (χ2n) is 8.78. The van der Waals surface area contributed by atoms with Gasteiger partial charge in [-0.15, -0.1) is 0 Å². The summed E-state index contributed by atoms with van der Waals surface area (Å²) < 4.78 is 16.0. The number of hydrogen-bond donors (Lipinski definition) is 2. The number of Topliss-reactive ketones (excluding diaryl/α,β-unsaturated/α-hetero) is 1. The van der Waals surface area contributed by atoms with Crippen LogP contribution in [0.2, 0.25) is 0 Å². The van der Waals surface area contributed by atoms with Crippen molar-refractivity contribution in [1.82, 2.24) is 15.5 Å². The second-order valence-corrected chi connectivity index (χ2v) is 8.78. The Bertz CT molecular complexity index is 760. The first-order valence-corrected chi connectivity index (χ1v) is 10.7. The first-order valence-electron chi connectivity index (χ1n) is 10.7. The average molecular weight is 438 g/mol. The molecule has 3 unspecified atom stereocenters. The number of hydrogen-bond acceptors (Lipinski definition) is 7. The van der Waals surface area contributed by atoms with Crippen LogP contribution in [0.25, 0.3) is 0 Å². The van der Waals surface area contributed by atoms with Gasteiger partial charge in [0.1, 0.15) is 24.5 Å². The summed E-state index contributed by atoms with van der Waals surface area (Å²) >= 11 is 0. The lowest BCUT2D eigenvalue weighted by Crippen LogP contribution is -2.54. The van der Waals surface area contributed by atoms with Crippen LogP contribution in [-0.2, 0) is 14.3 Å². The summed E-state index contributed by atoms with van der Waals surface area (Å²) in [4.78, 5) is 39.8. The summed E-state index contributed by atoms with van der Waals surface area (Å²) in [5, 5.41) is 5.45. The number of carbonyl (C=O) groups is 3. The molecule has 2 amide bonds. The fourth-order valence-corrected chi connectivity index (χ4v) is 3.27. The SMILES string of the molecule is Cc1occc1OC(=O)N[C@@H](CC(C)C(C)C)C(=O)NC1C(=O)COC1CCN(C)C. The zero-order chi connectivity index (χ0) is 23.1. The topological polar surface area (TPSA) is 110 Å². The van der Waals surface area contributed by atoms with E-state index in [1.807, 2.05) is 25.9 Å². The lowest BCUT2D eigenvalue weighted by Gasteiger charge is -2.26. The molecule has 1 aliphatic rings. The van der Waals surface area contributed by atoms with E-state index in [1.165, 1.54) is 12.3 Å². The van der Waals surface area contributed by atoms with E-state index in [4.69, 9.17) is 13.9 Å². The Balaban J connectivity index is 2.07. The molecule has 9 nitrogen and oxygen atoms in total. The molecule has 2 heterocycles. The molecule has 0 spiro atoms. The van der Waals surface area contributed by atoms with Gasteiger partial charge in [-0.25, -0.2) is 4.79 Å². The quantitative estimate of drug-likeness (QED) is 0.577. The van der Waals surface area contributed by atoms with Gasteiger partial charge in [0.15, 0.2) is 11.5 Å². The minimum atomic E-state index is -0.847. The summed E-state index contributed by atoms with van der Waals surface area (Å²) in [7, 11) is 3.87. The van der Waals surface area contributed by atoms with E-state index in [9.17, 15) is 14.4 Å². The number of amides is 2. The van der Waals surface area contributed by atoms with Crippen LogP contribution in [-0.4, -0.2) is 68.1 Å². The van der Waals surface area contributed by atoms with E-state index in [0.717, 1.165) is 6.54 Å². The molecule has 4 atom stereocenters. The molecule has 0 saturated carbocycles. The molecular formula is C22H35N3O6. The maximum atomic E-state index is 13.1. The van der Waals surface area contributed by atoms with Gasteiger partial charge in [0.2, 0.25) is 5.91 Å². The van der Waals surface area contributed by atoms with E-state index >= 15 is 0 Å². The van der Waals surface area contributed by atoms with Gasteiger partial charge in [0.05, 0.1) is 12.4 Å². The highest BCUT2D eigenvalue weighted by Gasteiger charge is 2.38. The molecule has 31 heavy (non-hydrogen) atoms. The predicted molar refractivity (Wildman–Crippen MR) is 115 cm³/mol. The van der Waals surface area contributed by atoms with E-state index in [1.54, 1.807) is 6.92 Å². The predicted octanol–water partition coefficient (Wildman–Crippen LogP) is 2.13. The molecule has 2 rings (SSSR count). The number of ketones is 1. The van der Waals surface area contributed by atoms with Gasteiger partial charge in [-0.2, -0.15) is 0 Å². The van der Waals surface area contributed by atoms with E-state index in [-0.39, 0.29) is 30.2 Å². The lowest BCUT2D eigenvalue weighted by atomic mass is 9.90. The van der Waals surface area contributed by atoms with Crippen LogP contribution < -0.4 is 15.4 Å². The Morgan fingerprint density at radius 1 is 1.29 bits per heavy atom. The second kappa shape index (κ2) is 11.3.